The molecule has 0 aliphatic rings. The SMILES string of the molecule is Cc1ccccc1CNc1ccnc(CCN)n1. The Kier molecular flexibility index (Phi) is 4.25. The molecule has 4 nitrogen and oxygen atoms in total. The molecule has 0 bridgehead atoms. The maximum Gasteiger partial charge on any atom is 0.131 e. The van der Waals surface area contributed by atoms with Crippen molar-refractivity contribution in [3.63, 3.8) is 0 Å². The molecule has 18 heavy (non-hydrogen) atoms. The highest BCUT2D eigenvalue weighted by molar-refractivity contribution is 5.36. The van der Waals surface area contributed by atoms with Gasteiger partial charge in [0.15, 0.2) is 0 Å². The van der Waals surface area contributed by atoms with Gasteiger partial charge < -0.3 is 11.1 Å². The number of anilines is 1. The summed E-state index contributed by atoms with van der Waals surface area (Å²) in [6.45, 7) is 3.45. The zero-order valence-corrected chi connectivity index (χ0v) is 10.6. The summed E-state index contributed by atoms with van der Waals surface area (Å²) in [6, 6.07) is 10.2. The van der Waals surface area contributed by atoms with E-state index in [9.17, 15) is 0 Å². The third-order valence-electron chi connectivity index (χ3n) is 2.79. The van der Waals surface area contributed by atoms with Crippen molar-refractivity contribution in [1.82, 2.24) is 9.97 Å². The van der Waals surface area contributed by atoms with Crippen molar-refractivity contribution in [3.8, 4) is 0 Å². The molecule has 0 aliphatic carbocycles. The maximum absolute atomic E-state index is 5.50. The molecule has 1 aromatic carbocycles. The summed E-state index contributed by atoms with van der Waals surface area (Å²) in [4.78, 5) is 8.58. The Morgan fingerprint density at radius 1 is 1.22 bits per heavy atom. The first-order valence-corrected chi connectivity index (χ1v) is 6.10. The molecule has 0 spiro atoms. The monoisotopic (exact) mass is 242 g/mol. The number of benzene rings is 1. The molecule has 2 aromatic rings. The number of nitrogens with zero attached hydrogens (tertiary/aromatic N) is 2. The molecular weight excluding hydrogens is 224 g/mol. The first-order chi connectivity index (χ1) is 8.79. The summed E-state index contributed by atoms with van der Waals surface area (Å²) in [7, 11) is 0. The molecular formula is C14H18N4. The molecule has 1 aromatic heterocycles. The quantitative estimate of drug-likeness (QED) is 0.840. The lowest BCUT2D eigenvalue weighted by Gasteiger charge is -2.08. The van der Waals surface area contributed by atoms with Crippen molar-refractivity contribution in [2.45, 2.75) is 19.9 Å². The minimum absolute atomic E-state index is 0.571. The molecule has 0 aliphatic heterocycles. The maximum atomic E-state index is 5.50. The van der Waals surface area contributed by atoms with Crippen molar-refractivity contribution in [2.75, 3.05) is 11.9 Å². The Balaban J connectivity index is 2.02. The van der Waals surface area contributed by atoms with Crippen molar-refractivity contribution >= 4 is 5.82 Å². The molecule has 3 N–H and O–H groups in total. The van der Waals surface area contributed by atoms with E-state index in [4.69, 9.17) is 5.73 Å². The van der Waals surface area contributed by atoms with Gasteiger partial charge >= 0.3 is 0 Å². The molecule has 1 heterocycles. The molecule has 4 heteroatoms. The second-order valence-corrected chi connectivity index (χ2v) is 4.18. The Labute approximate surface area is 107 Å². The zero-order chi connectivity index (χ0) is 12.8. The van der Waals surface area contributed by atoms with Crippen LogP contribution in [0.3, 0.4) is 0 Å². The topological polar surface area (TPSA) is 63.8 Å². The van der Waals surface area contributed by atoms with Gasteiger partial charge in [0.2, 0.25) is 0 Å². The van der Waals surface area contributed by atoms with Crippen LogP contribution in [-0.4, -0.2) is 16.5 Å². The van der Waals surface area contributed by atoms with Crippen LogP contribution in [-0.2, 0) is 13.0 Å². The summed E-state index contributed by atoms with van der Waals surface area (Å²) in [5.74, 6) is 1.63. The number of aromatic nitrogens is 2. The van der Waals surface area contributed by atoms with E-state index in [0.717, 1.165) is 18.2 Å². The van der Waals surface area contributed by atoms with E-state index in [1.807, 2.05) is 18.2 Å². The van der Waals surface area contributed by atoms with Gasteiger partial charge in [-0.2, -0.15) is 0 Å². The standard InChI is InChI=1S/C14H18N4/c1-11-4-2-3-5-12(11)10-17-14-7-9-16-13(18-14)6-8-15/h2-5,7,9H,6,8,10,15H2,1H3,(H,16,17,18). The van der Waals surface area contributed by atoms with Gasteiger partial charge in [0, 0.05) is 19.2 Å². The minimum Gasteiger partial charge on any atom is -0.366 e. The number of hydrogen-bond donors (Lipinski definition) is 2. The predicted molar refractivity (Wildman–Crippen MR) is 73.3 cm³/mol. The lowest BCUT2D eigenvalue weighted by molar-refractivity contribution is 0.865. The molecule has 0 radical (unpaired) electrons. The van der Waals surface area contributed by atoms with Crippen LogP contribution in [0, 0.1) is 6.92 Å². The van der Waals surface area contributed by atoms with Crippen LogP contribution in [0.2, 0.25) is 0 Å². The van der Waals surface area contributed by atoms with Crippen LogP contribution < -0.4 is 11.1 Å². The Bertz CT molecular complexity index is 511. The number of rotatable bonds is 5. The molecule has 0 amide bonds. The van der Waals surface area contributed by atoms with Gasteiger partial charge in [0.1, 0.15) is 11.6 Å². The first-order valence-electron chi connectivity index (χ1n) is 6.10. The molecule has 0 saturated heterocycles. The van der Waals surface area contributed by atoms with Gasteiger partial charge in [-0.15, -0.1) is 0 Å². The highest BCUT2D eigenvalue weighted by atomic mass is 15.0. The van der Waals surface area contributed by atoms with Gasteiger partial charge in [0.05, 0.1) is 0 Å². The van der Waals surface area contributed by atoms with Crippen LogP contribution in [0.4, 0.5) is 5.82 Å². The zero-order valence-electron chi connectivity index (χ0n) is 10.6. The largest absolute Gasteiger partial charge is 0.366 e. The number of nitrogens with two attached hydrogens (primary N) is 1. The molecule has 0 saturated carbocycles. The van der Waals surface area contributed by atoms with E-state index in [1.54, 1.807) is 6.20 Å². The summed E-state index contributed by atoms with van der Waals surface area (Å²) in [5, 5.41) is 3.31. The van der Waals surface area contributed by atoms with Crippen LogP contribution >= 0.6 is 0 Å². The molecule has 0 atom stereocenters. The summed E-state index contributed by atoms with van der Waals surface area (Å²) in [5.41, 5.74) is 8.05. The third kappa shape index (κ3) is 3.28. The Hall–Kier alpha value is -1.94. The Morgan fingerprint density at radius 3 is 2.83 bits per heavy atom. The molecule has 94 valence electrons. The number of nitrogens with one attached hydrogen (secondary N) is 1. The summed E-state index contributed by atoms with van der Waals surface area (Å²) < 4.78 is 0. The van der Waals surface area contributed by atoms with E-state index < -0.39 is 0 Å². The van der Waals surface area contributed by atoms with Gasteiger partial charge in [0.25, 0.3) is 0 Å². The summed E-state index contributed by atoms with van der Waals surface area (Å²) >= 11 is 0. The van der Waals surface area contributed by atoms with Gasteiger partial charge in [-0.1, -0.05) is 24.3 Å². The Morgan fingerprint density at radius 2 is 2.06 bits per heavy atom. The molecule has 0 fully saturated rings. The van der Waals surface area contributed by atoms with E-state index in [-0.39, 0.29) is 0 Å². The van der Waals surface area contributed by atoms with Crippen LogP contribution in [0.1, 0.15) is 17.0 Å². The first kappa shape index (κ1) is 12.5. The summed E-state index contributed by atoms with van der Waals surface area (Å²) in [6.07, 6.45) is 2.47. The van der Waals surface area contributed by atoms with E-state index in [2.05, 4.69) is 34.3 Å². The van der Waals surface area contributed by atoms with Crippen LogP contribution in [0.15, 0.2) is 36.5 Å². The fourth-order valence-electron chi connectivity index (χ4n) is 1.74. The highest BCUT2D eigenvalue weighted by Gasteiger charge is 2.00. The van der Waals surface area contributed by atoms with E-state index in [1.165, 1.54) is 11.1 Å². The van der Waals surface area contributed by atoms with Crippen molar-refractivity contribution in [3.05, 3.63) is 53.5 Å². The molecule has 0 unspecified atom stereocenters. The van der Waals surface area contributed by atoms with Crippen molar-refractivity contribution in [1.29, 1.82) is 0 Å². The van der Waals surface area contributed by atoms with Crippen molar-refractivity contribution in [2.24, 2.45) is 5.73 Å². The minimum atomic E-state index is 0.571. The second-order valence-electron chi connectivity index (χ2n) is 4.18. The van der Waals surface area contributed by atoms with Crippen LogP contribution in [0.5, 0.6) is 0 Å². The van der Waals surface area contributed by atoms with Gasteiger partial charge in [-0.25, -0.2) is 9.97 Å². The van der Waals surface area contributed by atoms with Gasteiger partial charge in [-0.3, -0.25) is 0 Å². The lowest BCUT2D eigenvalue weighted by Crippen LogP contribution is -2.09. The van der Waals surface area contributed by atoms with Gasteiger partial charge in [-0.05, 0) is 30.7 Å². The fraction of sp³-hybridized carbons (Fsp3) is 0.286. The fourth-order valence-corrected chi connectivity index (χ4v) is 1.74. The number of aryl methyl sites for hydroxylation is 1. The van der Waals surface area contributed by atoms with Crippen molar-refractivity contribution < 1.29 is 0 Å². The van der Waals surface area contributed by atoms with E-state index in [0.29, 0.717) is 13.0 Å². The average molecular weight is 242 g/mol. The number of hydrogen-bond acceptors (Lipinski definition) is 4. The highest BCUT2D eigenvalue weighted by Crippen LogP contribution is 2.10. The van der Waals surface area contributed by atoms with Crippen LogP contribution in [0.25, 0.3) is 0 Å². The van der Waals surface area contributed by atoms with E-state index >= 15 is 0 Å². The smallest absolute Gasteiger partial charge is 0.131 e. The predicted octanol–water partition coefficient (Wildman–Crippen LogP) is 1.90. The lowest BCUT2D eigenvalue weighted by atomic mass is 10.1. The normalized spacial score (nSPS) is 10.3. The second kappa shape index (κ2) is 6.12. The third-order valence-corrected chi connectivity index (χ3v) is 2.79. The molecule has 2 rings (SSSR count). The average Bonchev–Trinajstić information content (AvgIpc) is 2.39.